The number of methoxy groups -OCH3 is 1. The van der Waals surface area contributed by atoms with Crippen molar-refractivity contribution >= 4 is 0 Å². The van der Waals surface area contributed by atoms with E-state index in [9.17, 15) is 0 Å². The molecular weight excluding hydrogens is 228 g/mol. The van der Waals surface area contributed by atoms with Crippen molar-refractivity contribution < 1.29 is 14.2 Å². The van der Waals surface area contributed by atoms with E-state index in [2.05, 4.69) is 13.8 Å². The Morgan fingerprint density at radius 3 is 2.28 bits per heavy atom. The van der Waals surface area contributed by atoms with Crippen LogP contribution >= 0.6 is 0 Å². The van der Waals surface area contributed by atoms with Crippen LogP contribution in [0.1, 0.15) is 58.8 Å². The summed E-state index contributed by atoms with van der Waals surface area (Å²) in [6.45, 7) is 5.27. The monoisotopic (exact) mass is 256 g/mol. The van der Waals surface area contributed by atoms with Gasteiger partial charge in [0, 0.05) is 13.7 Å². The average molecular weight is 256 g/mol. The quantitative estimate of drug-likeness (QED) is 0.770. The van der Waals surface area contributed by atoms with Gasteiger partial charge in [0.2, 0.25) is 0 Å². The lowest BCUT2D eigenvalue weighted by atomic mass is 9.78. The Bertz CT molecular complexity index is 238. The van der Waals surface area contributed by atoms with Crippen LogP contribution in [0.25, 0.3) is 0 Å². The van der Waals surface area contributed by atoms with E-state index in [1.54, 1.807) is 0 Å². The smallest absolute Gasteiger partial charge is 0.157 e. The van der Waals surface area contributed by atoms with Gasteiger partial charge < -0.3 is 14.2 Å². The molecule has 2 rings (SSSR count). The molecule has 0 N–H and O–H groups in total. The zero-order chi connectivity index (χ0) is 13.0. The SMILES string of the molecule is COC(C)(C)[C@H]1CC[C@H](OC2CCCCO2)CC1. The summed E-state index contributed by atoms with van der Waals surface area (Å²) in [6, 6.07) is 0. The largest absolute Gasteiger partial charge is 0.379 e. The second kappa shape index (κ2) is 6.36. The third-order valence-electron chi connectivity index (χ3n) is 4.67. The van der Waals surface area contributed by atoms with Gasteiger partial charge >= 0.3 is 0 Å². The molecular formula is C15H28O3. The van der Waals surface area contributed by atoms with Crippen LogP contribution < -0.4 is 0 Å². The molecule has 1 heterocycles. The second-order valence-electron chi connectivity index (χ2n) is 6.21. The number of hydrogen-bond donors (Lipinski definition) is 0. The maximum atomic E-state index is 6.06. The van der Waals surface area contributed by atoms with Crippen molar-refractivity contribution in [1.82, 2.24) is 0 Å². The van der Waals surface area contributed by atoms with Crippen LogP contribution in [0, 0.1) is 5.92 Å². The molecule has 2 aliphatic rings. The topological polar surface area (TPSA) is 27.7 Å². The van der Waals surface area contributed by atoms with Crippen LogP contribution in [0.2, 0.25) is 0 Å². The summed E-state index contributed by atoms with van der Waals surface area (Å²) in [5, 5.41) is 0. The molecule has 1 unspecified atom stereocenters. The summed E-state index contributed by atoms with van der Waals surface area (Å²) >= 11 is 0. The van der Waals surface area contributed by atoms with Gasteiger partial charge in [0.05, 0.1) is 11.7 Å². The van der Waals surface area contributed by atoms with E-state index in [4.69, 9.17) is 14.2 Å². The van der Waals surface area contributed by atoms with Gasteiger partial charge in [-0.3, -0.25) is 0 Å². The van der Waals surface area contributed by atoms with Crippen LogP contribution in [0.5, 0.6) is 0 Å². The van der Waals surface area contributed by atoms with Crippen LogP contribution in [0.3, 0.4) is 0 Å². The Morgan fingerprint density at radius 1 is 1.00 bits per heavy atom. The first kappa shape index (κ1) is 14.3. The van der Waals surface area contributed by atoms with E-state index in [0.717, 1.165) is 25.9 Å². The zero-order valence-electron chi connectivity index (χ0n) is 12.1. The van der Waals surface area contributed by atoms with E-state index in [1.807, 2.05) is 7.11 Å². The van der Waals surface area contributed by atoms with Crippen molar-refractivity contribution in [1.29, 1.82) is 0 Å². The molecule has 0 amide bonds. The molecule has 0 radical (unpaired) electrons. The van der Waals surface area contributed by atoms with Gasteiger partial charge in [-0.15, -0.1) is 0 Å². The fourth-order valence-electron chi connectivity index (χ4n) is 3.09. The molecule has 1 aliphatic heterocycles. The standard InChI is InChI=1S/C15H28O3/c1-15(2,16-3)12-7-9-13(10-8-12)18-14-6-4-5-11-17-14/h12-14H,4-11H2,1-3H3/t12-,13-,14?. The zero-order valence-corrected chi connectivity index (χ0v) is 12.1. The van der Waals surface area contributed by atoms with Gasteiger partial charge in [0.15, 0.2) is 6.29 Å². The molecule has 1 saturated carbocycles. The lowest BCUT2D eigenvalue weighted by molar-refractivity contribution is -0.197. The van der Waals surface area contributed by atoms with Crippen LogP contribution in [0.4, 0.5) is 0 Å². The summed E-state index contributed by atoms with van der Waals surface area (Å²) in [5.74, 6) is 0.662. The highest BCUT2D eigenvalue weighted by molar-refractivity contribution is 4.84. The molecule has 1 aliphatic carbocycles. The Kier molecular flexibility index (Phi) is 5.05. The predicted molar refractivity (Wildman–Crippen MR) is 71.5 cm³/mol. The Labute approximate surface area is 111 Å². The Hall–Kier alpha value is -0.120. The summed E-state index contributed by atoms with van der Waals surface area (Å²) in [7, 11) is 1.82. The first-order valence-corrected chi connectivity index (χ1v) is 7.44. The van der Waals surface area contributed by atoms with Gasteiger partial charge in [-0.05, 0) is 64.7 Å². The van der Waals surface area contributed by atoms with Gasteiger partial charge in [-0.2, -0.15) is 0 Å². The van der Waals surface area contributed by atoms with Crippen LogP contribution in [0.15, 0.2) is 0 Å². The highest BCUT2D eigenvalue weighted by Crippen LogP contribution is 2.36. The second-order valence-corrected chi connectivity index (χ2v) is 6.21. The van der Waals surface area contributed by atoms with Crippen molar-refractivity contribution in [2.75, 3.05) is 13.7 Å². The summed E-state index contributed by atoms with van der Waals surface area (Å²) in [6.07, 6.45) is 8.69. The third kappa shape index (κ3) is 3.69. The molecule has 1 atom stereocenters. The molecule has 2 fully saturated rings. The highest BCUT2D eigenvalue weighted by Gasteiger charge is 2.34. The van der Waals surface area contributed by atoms with Crippen molar-refractivity contribution in [2.45, 2.75) is 76.8 Å². The highest BCUT2D eigenvalue weighted by atomic mass is 16.7. The van der Waals surface area contributed by atoms with Gasteiger partial charge in [-0.25, -0.2) is 0 Å². The Balaban J connectivity index is 1.73. The van der Waals surface area contributed by atoms with Crippen molar-refractivity contribution in [3.05, 3.63) is 0 Å². The van der Waals surface area contributed by atoms with Crippen LogP contribution in [-0.2, 0) is 14.2 Å². The normalized spacial score (nSPS) is 34.5. The van der Waals surface area contributed by atoms with Crippen molar-refractivity contribution in [3.63, 3.8) is 0 Å². The van der Waals surface area contributed by atoms with E-state index in [1.165, 1.54) is 25.7 Å². The first-order valence-electron chi connectivity index (χ1n) is 7.44. The summed E-state index contributed by atoms with van der Waals surface area (Å²) in [4.78, 5) is 0. The molecule has 0 aromatic rings. The minimum Gasteiger partial charge on any atom is -0.379 e. The number of hydrogen-bond acceptors (Lipinski definition) is 3. The lowest BCUT2D eigenvalue weighted by Gasteiger charge is -2.39. The van der Waals surface area contributed by atoms with E-state index >= 15 is 0 Å². The predicted octanol–water partition coefficient (Wildman–Crippen LogP) is 3.51. The number of rotatable bonds is 4. The van der Waals surface area contributed by atoms with E-state index in [0.29, 0.717) is 12.0 Å². The minimum absolute atomic E-state index is 0.00626. The Morgan fingerprint density at radius 2 is 1.72 bits per heavy atom. The van der Waals surface area contributed by atoms with Crippen molar-refractivity contribution in [2.24, 2.45) is 5.92 Å². The molecule has 0 aromatic carbocycles. The lowest BCUT2D eigenvalue weighted by Crippen LogP contribution is -2.38. The number of ether oxygens (including phenoxy) is 3. The maximum absolute atomic E-state index is 6.06. The molecule has 106 valence electrons. The van der Waals surface area contributed by atoms with Gasteiger partial charge in [0.1, 0.15) is 0 Å². The van der Waals surface area contributed by atoms with E-state index in [-0.39, 0.29) is 11.9 Å². The molecule has 1 saturated heterocycles. The molecule has 3 heteroatoms. The molecule has 0 bridgehead atoms. The average Bonchev–Trinajstić information content (AvgIpc) is 2.40. The van der Waals surface area contributed by atoms with E-state index < -0.39 is 0 Å². The molecule has 3 nitrogen and oxygen atoms in total. The fraction of sp³-hybridized carbons (Fsp3) is 1.00. The van der Waals surface area contributed by atoms with Crippen molar-refractivity contribution in [3.8, 4) is 0 Å². The third-order valence-corrected chi connectivity index (χ3v) is 4.67. The minimum atomic E-state index is 0.00626. The van der Waals surface area contributed by atoms with Gasteiger partial charge in [-0.1, -0.05) is 0 Å². The first-order chi connectivity index (χ1) is 8.62. The summed E-state index contributed by atoms with van der Waals surface area (Å²) in [5.41, 5.74) is 0.00626. The maximum Gasteiger partial charge on any atom is 0.157 e. The molecule has 0 aromatic heterocycles. The molecule has 0 spiro atoms. The van der Waals surface area contributed by atoms with Crippen LogP contribution in [-0.4, -0.2) is 31.7 Å². The fourth-order valence-corrected chi connectivity index (χ4v) is 3.09. The van der Waals surface area contributed by atoms with Gasteiger partial charge in [0.25, 0.3) is 0 Å². The molecule has 18 heavy (non-hydrogen) atoms. The summed E-state index contributed by atoms with van der Waals surface area (Å²) < 4.78 is 17.3.